The van der Waals surface area contributed by atoms with E-state index < -0.39 is 0 Å². The largest absolute Gasteiger partial charge is 0.308 e. The number of nitrogens with one attached hydrogen (secondary N) is 1. The maximum absolute atomic E-state index is 4.02. The van der Waals surface area contributed by atoms with Crippen molar-refractivity contribution in [2.24, 2.45) is 5.92 Å². The molecule has 0 bridgehead atoms. The molecule has 1 N–H and O–H groups in total. The van der Waals surface area contributed by atoms with Gasteiger partial charge in [-0.05, 0) is 37.7 Å². The molecule has 0 saturated carbocycles. The van der Waals surface area contributed by atoms with E-state index >= 15 is 0 Å². The summed E-state index contributed by atoms with van der Waals surface area (Å²) in [6.07, 6.45) is 3.68. The predicted molar refractivity (Wildman–Crippen MR) is 68.3 cm³/mol. The number of pyridine rings is 1. The maximum Gasteiger partial charge on any atom is 0.0271 e. The van der Waals surface area contributed by atoms with Crippen LogP contribution in [0.1, 0.15) is 19.4 Å². The standard InChI is InChI=1S/C13H23N3/c1-11(2)13(10-16(3)4)15-9-12-5-7-14-8-6-12/h5-8,11,13,15H,9-10H2,1-4H3. The molecule has 0 aliphatic heterocycles. The van der Waals surface area contributed by atoms with Crippen molar-refractivity contribution in [3.63, 3.8) is 0 Å². The van der Waals surface area contributed by atoms with E-state index in [0.717, 1.165) is 13.1 Å². The third-order valence-corrected chi connectivity index (χ3v) is 2.68. The van der Waals surface area contributed by atoms with Gasteiger partial charge in [0.1, 0.15) is 0 Å². The van der Waals surface area contributed by atoms with E-state index in [0.29, 0.717) is 12.0 Å². The number of nitrogens with zero attached hydrogens (tertiary/aromatic N) is 2. The topological polar surface area (TPSA) is 28.2 Å². The highest BCUT2D eigenvalue weighted by molar-refractivity contribution is 5.09. The molecule has 0 aliphatic carbocycles. The highest BCUT2D eigenvalue weighted by Gasteiger charge is 2.13. The van der Waals surface area contributed by atoms with Crippen LogP contribution in [0.3, 0.4) is 0 Å². The first-order valence-electron chi connectivity index (χ1n) is 5.86. The molecule has 0 fully saturated rings. The molecule has 0 saturated heterocycles. The molecule has 0 spiro atoms. The van der Waals surface area contributed by atoms with Crippen molar-refractivity contribution in [1.29, 1.82) is 0 Å². The number of likely N-dealkylation sites (N-methyl/N-ethyl adjacent to an activating group) is 1. The van der Waals surface area contributed by atoms with Gasteiger partial charge < -0.3 is 10.2 Å². The van der Waals surface area contributed by atoms with E-state index in [2.05, 4.69) is 55.3 Å². The summed E-state index contributed by atoms with van der Waals surface area (Å²) in [6.45, 7) is 6.50. The van der Waals surface area contributed by atoms with E-state index in [9.17, 15) is 0 Å². The van der Waals surface area contributed by atoms with E-state index in [-0.39, 0.29) is 0 Å². The molecular formula is C13H23N3. The smallest absolute Gasteiger partial charge is 0.0271 e. The first-order chi connectivity index (χ1) is 7.59. The van der Waals surface area contributed by atoms with E-state index in [1.807, 2.05) is 12.4 Å². The molecular weight excluding hydrogens is 198 g/mol. The zero-order chi connectivity index (χ0) is 12.0. The van der Waals surface area contributed by atoms with Gasteiger partial charge in [0.2, 0.25) is 0 Å². The average Bonchev–Trinajstić information content (AvgIpc) is 2.25. The minimum atomic E-state index is 0.531. The van der Waals surface area contributed by atoms with Crippen molar-refractivity contribution in [1.82, 2.24) is 15.2 Å². The Hall–Kier alpha value is -0.930. The van der Waals surface area contributed by atoms with Crippen LogP contribution in [-0.4, -0.2) is 36.6 Å². The number of hydrogen-bond acceptors (Lipinski definition) is 3. The van der Waals surface area contributed by atoms with Crippen LogP contribution in [0.2, 0.25) is 0 Å². The third kappa shape index (κ3) is 4.73. The molecule has 90 valence electrons. The molecule has 0 amide bonds. The van der Waals surface area contributed by atoms with Gasteiger partial charge in [-0.1, -0.05) is 13.8 Å². The van der Waals surface area contributed by atoms with Crippen LogP contribution in [0.25, 0.3) is 0 Å². The summed E-state index contributed by atoms with van der Waals surface area (Å²) < 4.78 is 0. The van der Waals surface area contributed by atoms with Crippen LogP contribution in [0, 0.1) is 5.92 Å². The summed E-state index contributed by atoms with van der Waals surface area (Å²) in [7, 11) is 4.23. The Morgan fingerprint density at radius 3 is 2.38 bits per heavy atom. The summed E-state index contributed by atoms with van der Waals surface area (Å²) in [6, 6.07) is 4.64. The fourth-order valence-electron chi connectivity index (χ4n) is 1.65. The van der Waals surface area contributed by atoms with Gasteiger partial charge in [-0.3, -0.25) is 4.98 Å². The van der Waals surface area contributed by atoms with E-state index in [4.69, 9.17) is 0 Å². The lowest BCUT2D eigenvalue weighted by Gasteiger charge is -2.25. The fourth-order valence-corrected chi connectivity index (χ4v) is 1.65. The van der Waals surface area contributed by atoms with Crippen LogP contribution in [0.15, 0.2) is 24.5 Å². The van der Waals surface area contributed by atoms with Crippen molar-refractivity contribution >= 4 is 0 Å². The van der Waals surface area contributed by atoms with Crippen molar-refractivity contribution in [3.05, 3.63) is 30.1 Å². The Labute approximate surface area is 98.9 Å². The van der Waals surface area contributed by atoms with Crippen LogP contribution in [0.5, 0.6) is 0 Å². The summed E-state index contributed by atoms with van der Waals surface area (Å²) in [5, 5.41) is 3.60. The monoisotopic (exact) mass is 221 g/mol. The number of hydrogen-bond donors (Lipinski definition) is 1. The molecule has 1 aromatic rings. The lowest BCUT2D eigenvalue weighted by atomic mass is 10.0. The Bertz CT molecular complexity index is 282. The Balaban J connectivity index is 2.44. The van der Waals surface area contributed by atoms with Crippen molar-refractivity contribution in [3.8, 4) is 0 Å². The summed E-state index contributed by atoms with van der Waals surface area (Å²) in [5.41, 5.74) is 1.29. The molecule has 1 atom stereocenters. The van der Waals surface area contributed by atoms with Crippen LogP contribution < -0.4 is 5.32 Å². The lowest BCUT2D eigenvalue weighted by Crippen LogP contribution is -2.41. The Kier molecular flexibility index (Phi) is 5.43. The molecule has 3 heteroatoms. The zero-order valence-corrected chi connectivity index (χ0v) is 10.8. The highest BCUT2D eigenvalue weighted by Crippen LogP contribution is 2.04. The molecule has 3 nitrogen and oxygen atoms in total. The summed E-state index contributed by atoms with van der Waals surface area (Å²) >= 11 is 0. The second-order valence-electron chi connectivity index (χ2n) is 4.85. The second-order valence-corrected chi connectivity index (χ2v) is 4.85. The van der Waals surface area contributed by atoms with Crippen molar-refractivity contribution in [2.45, 2.75) is 26.4 Å². The maximum atomic E-state index is 4.02. The minimum absolute atomic E-state index is 0.531. The van der Waals surface area contributed by atoms with Gasteiger partial charge in [-0.2, -0.15) is 0 Å². The lowest BCUT2D eigenvalue weighted by molar-refractivity contribution is 0.288. The molecule has 1 unspecified atom stereocenters. The highest BCUT2D eigenvalue weighted by atomic mass is 15.1. The van der Waals surface area contributed by atoms with Gasteiger partial charge in [0.15, 0.2) is 0 Å². The third-order valence-electron chi connectivity index (χ3n) is 2.68. The van der Waals surface area contributed by atoms with Gasteiger partial charge in [-0.15, -0.1) is 0 Å². The Morgan fingerprint density at radius 2 is 1.88 bits per heavy atom. The SMILES string of the molecule is CC(C)C(CN(C)C)NCc1ccncc1. The van der Waals surface area contributed by atoms with Crippen molar-refractivity contribution in [2.75, 3.05) is 20.6 Å². The molecule has 16 heavy (non-hydrogen) atoms. The number of rotatable bonds is 6. The summed E-state index contributed by atoms with van der Waals surface area (Å²) in [4.78, 5) is 6.25. The molecule has 0 aromatic carbocycles. The van der Waals surface area contributed by atoms with Crippen molar-refractivity contribution < 1.29 is 0 Å². The summed E-state index contributed by atoms with van der Waals surface area (Å²) in [5.74, 6) is 0.643. The van der Waals surface area contributed by atoms with Crippen LogP contribution in [0.4, 0.5) is 0 Å². The second kappa shape index (κ2) is 6.61. The van der Waals surface area contributed by atoms with Gasteiger partial charge >= 0.3 is 0 Å². The van der Waals surface area contributed by atoms with Gasteiger partial charge in [-0.25, -0.2) is 0 Å². The number of aromatic nitrogens is 1. The van der Waals surface area contributed by atoms with E-state index in [1.54, 1.807) is 0 Å². The van der Waals surface area contributed by atoms with Gasteiger partial charge in [0, 0.05) is 31.5 Å². The normalized spacial score (nSPS) is 13.4. The predicted octanol–water partition coefficient (Wildman–Crippen LogP) is 1.76. The average molecular weight is 221 g/mol. The minimum Gasteiger partial charge on any atom is -0.308 e. The molecule has 0 aliphatic rings. The quantitative estimate of drug-likeness (QED) is 0.793. The zero-order valence-electron chi connectivity index (χ0n) is 10.8. The fraction of sp³-hybridized carbons (Fsp3) is 0.615. The van der Waals surface area contributed by atoms with Crippen LogP contribution >= 0.6 is 0 Å². The van der Waals surface area contributed by atoms with Gasteiger partial charge in [0.25, 0.3) is 0 Å². The van der Waals surface area contributed by atoms with Gasteiger partial charge in [0.05, 0.1) is 0 Å². The first kappa shape index (κ1) is 13.1. The first-order valence-corrected chi connectivity index (χ1v) is 5.86. The molecule has 1 heterocycles. The molecule has 1 rings (SSSR count). The Morgan fingerprint density at radius 1 is 1.25 bits per heavy atom. The van der Waals surface area contributed by atoms with Crippen LogP contribution in [-0.2, 0) is 6.54 Å². The van der Waals surface area contributed by atoms with E-state index in [1.165, 1.54) is 5.56 Å². The molecule has 1 aromatic heterocycles. The molecule has 0 radical (unpaired) electrons.